The van der Waals surface area contributed by atoms with Crippen molar-refractivity contribution in [1.29, 1.82) is 0 Å². The summed E-state index contributed by atoms with van der Waals surface area (Å²) >= 11 is 0. The van der Waals surface area contributed by atoms with Crippen LogP contribution in [0.2, 0.25) is 0 Å². The van der Waals surface area contributed by atoms with Crippen LogP contribution in [0.1, 0.15) is 24.8 Å². The number of benzene rings is 1. The molecule has 1 aromatic carbocycles. The zero-order valence-electron chi connectivity index (χ0n) is 15.2. The normalized spacial score (nSPS) is 23.7. The van der Waals surface area contributed by atoms with Crippen LogP contribution in [0.15, 0.2) is 24.3 Å². The first-order valence-corrected chi connectivity index (χ1v) is 10.9. The molecular weight excluding hydrogens is 389 g/mol. The van der Waals surface area contributed by atoms with Gasteiger partial charge in [-0.1, -0.05) is 12.1 Å². The van der Waals surface area contributed by atoms with Crippen LogP contribution in [0.25, 0.3) is 0 Å². The molecule has 0 bridgehead atoms. The van der Waals surface area contributed by atoms with Crippen LogP contribution in [0.4, 0.5) is 9.18 Å². The molecule has 0 aromatic heterocycles. The molecule has 0 aliphatic carbocycles. The SMILES string of the molecule is O=C(CC[C@@H]1NC(=O)N(CCc2cccc(F)c2)C1=O)NC1CCS(=O)(=O)C1. The van der Waals surface area contributed by atoms with Crippen molar-refractivity contribution in [2.75, 3.05) is 18.1 Å². The van der Waals surface area contributed by atoms with E-state index < -0.39 is 33.9 Å². The number of urea groups is 1. The molecule has 2 aliphatic heterocycles. The molecule has 1 aromatic rings. The van der Waals surface area contributed by atoms with Crippen molar-refractivity contribution in [2.24, 2.45) is 0 Å². The summed E-state index contributed by atoms with van der Waals surface area (Å²) in [5.74, 6) is -1.14. The highest BCUT2D eigenvalue weighted by molar-refractivity contribution is 7.91. The Bertz CT molecular complexity index is 889. The number of carbonyl (C=O) groups is 3. The molecule has 2 N–H and O–H groups in total. The third kappa shape index (κ3) is 5.06. The average molecular weight is 411 g/mol. The molecule has 2 fully saturated rings. The van der Waals surface area contributed by atoms with Gasteiger partial charge in [0.15, 0.2) is 9.84 Å². The third-order valence-electron chi connectivity index (χ3n) is 4.88. The molecular formula is C18H22FN3O5S. The number of amides is 4. The maximum Gasteiger partial charge on any atom is 0.324 e. The van der Waals surface area contributed by atoms with Gasteiger partial charge in [-0.2, -0.15) is 0 Å². The first kappa shape index (κ1) is 20.2. The number of carbonyl (C=O) groups excluding carboxylic acids is 3. The summed E-state index contributed by atoms with van der Waals surface area (Å²) in [4.78, 5) is 37.5. The quantitative estimate of drug-likeness (QED) is 0.630. The van der Waals surface area contributed by atoms with E-state index in [0.717, 1.165) is 4.90 Å². The summed E-state index contributed by atoms with van der Waals surface area (Å²) in [6.45, 7) is 0.122. The highest BCUT2D eigenvalue weighted by Crippen LogP contribution is 2.15. The lowest BCUT2D eigenvalue weighted by molar-refractivity contribution is -0.127. The molecule has 0 radical (unpaired) electrons. The van der Waals surface area contributed by atoms with E-state index in [1.54, 1.807) is 12.1 Å². The lowest BCUT2D eigenvalue weighted by Gasteiger charge is -2.14. The van der Waals surface area contributed by atoms with Crippen molar-refractivity contribution in [3.8, 4) is 0 Å². The zero-order valence-corrected chi connectivity index (χ0v) is 16.0. The Morgan fingerprint density at radius 1 is 1.32 bits per heavy atom. The molecule has 2 aliphatic rings. The van der Waals surface area contributed by atoms with Crippen molar-refractivity contribution in [3.05, 3.63) is 35.6 Å². The fraction of sp³-hybridized carbons (Fsp3) is 0.500. The van der Waals surface area contributed by atoms with Gasteiger partial charge < -0.3 is 10.6 Å². The Labute approximate surface area is 162 Å². The lowest BCUT2D eigenvalue weighted by Crippen LogP contribution is -2.37. The number of imide groups is 1. The Morgan fingerprint density at radius 2 is 2.11 bits per heavy atom. The molecule has 0 saturated carbocycles. The molecule has 152 valence electrons. The number of nitrogens with one attached hydrogen (secondary N) is 2. The second-order valence-electron chi connectivity index (χ2n) is 7.08. The standard InChI is InChI=1S/C18H22FN3O5S/c19-13-3-1-2-12(10-13)6-8-22-17(24)15(21-18(22)25)4-5-16(23)20-14-7-9-28(26,27)11-14/h1-3,10,14-15H,4-9,11H2,(H,20,23)(H,21,25)/t14?,15-/m0/s1. The van der Waals surface area contributed by atoms with E-state index in [9.17, 15) is 27.2 Å². The molecule has 0 spiro atoms. The maximum atomic E-state index is 13.2. The number of hydrogen-bond acceptors (Lipinski definition) is 5. The van der Waals surface area contributed by atoms with Gasteiger partial charge in [-0.15, -0.1) is 0 Å². The molecule has 8 nitrogen and oxygen atoms in total. The predicted octanol–water partition coefficient (Wildman–Crippen LogP) is 0.372. The molecule has 10 heteroatoms. The fourth-order valence-electron chi connectivity index (χ4n) is 3.40. The Morgan fingerprint density at radius 3 is 2.79 bits per heavy atom. The summed E-state index contributed by atoms with van der Waals surface area (Å²) in [7, 11) is -3.08. The summed E-state index contributed by atoms with van der Waals surface area (Å²) in [5, 5.41) is 5.21. The number of sulfone groups is 1. The molecule has 2 atom stereocenters. The molecule has 2 heterocycles. The van der Waals surface area contributed by atoms with Crippen LogP contribution < -0.4 is 10.6 Å². The maximum absolute atomic E-state index is 13.2. The van der Waals surface area contributed by atoms with E-state index in [0.29, 0.717) is 18.4 Å². The van der Waals surface area contributed by atoms with Gasteiger partial charge in [-0.25, -0.2) is 17.6 Å². The summed E-state index contributed by atoms with van der Waals surface area (Å²) in [6.07, 6.45) is 0.860. The largest absolute Gasteiger partial charge is 0.352 e. The molecule has 28 heavy (non-hydrogen) atoms. The number of nitrogens with zero attached hydrogens (tertiary/aromatic N) is 1. The van der Waals surface area contributed by atoms with Gasteiger partial charge >= 0.3 is 6.03 Å². The smallest absolute Gasteiger partial charge is 0.324 e. The second-order valence-corrected chi connectivity index (χ2v) is 9.31. The van der Waals surface area contributed by atoms with E-state index >= 15 is 0 Å². The van der Waals surface area contributed by atoms with Crippen molar-refractivity contribution in [2.45, 2.75) is 37.8 Å². The predicted molar refractivity (Wildman–Crippen MR) is 98.6 cm³/mol. The van der Waals surface area contributed by atoms with E-state index in [1.165, 1.54) is 12.1 Å². The summed E-state index contributed by atoms with van der Waals surface area (Å²) in [6, 6.07) is 4.23. The van der Waals surface area contributed by atoms with Crippen molar-refractivity contribution in [3.63, 3.8) is 0 Å². The van der Waals surface area contributed by atoms with Gasteiger partial charge in [-0.3, -0.25) is 14.5 Å². The summed E-state index contributed by atoms with van der Waals surface area (Å²) in [5.41, 5.74) is 0.676. The van der Waals surface area contributed by atoms with E-state index in [2.05, 4.69) is 10.6 Å². The molecule has 3 rings (SSSR count). The van der Waals surface area contributed by atoms with Crippen LogP contribution >= 0.6 is 0 Å². The highest BCUT2D eigenvalue weighted by atomic mass is 32.2. The number of halogens is 1. The Hall–Kier alpha value is -2.49. The van der Waals surface area contributed by atoms with Gasteiger partial charge in [0.05, 0.1) is 11.5 Å². The summed E-state index contributed by atoms with van der Waals surface area (Å²) < 4.78 is 36.1. The van der Waals surface area contributed by atoms with Gasteiger partial charge in [0.1, 0.15) is 11.9 Å². The molecule has 4 amide bonds. The minimum absolute atomic E-state index is 0.00493. The minimum Gasteiger partial charge on any atom is -0.352 e. The van der Waals surface area contributed by atoms with E-state index in [4.69, 9.17) is 0 Å². The lowest BCUT2D eigenvalue weighted by atomic mass is 10.1. The number of rotatable bonds is 7. The highest BCUT2D eigenvalue weighted by Gasteiger charge is 2.37. The number of hydrogen-bond donors (Lipinski definition) is 2. The van der Waals surface area contributed by atoms with Gasteiger partial charge in [0, 0.05) is 19.0 Å². The first-order chi connectivity index (χ1) is 13.2. The monoisotopic (exact) mass is 411 g/mol. The Balaban J connectivity index is 1.46. The van der Waals surface area contributed by atoms with Crippen LogP contribution in [0.5, 0.6) is 0 Å². The zero-order chi connectivity index (χ0) is 20.3. The topological polar surface area (TPSA) is 113 Å². The van der Waals surface area contributed by atoms with Crippen LogP contribution in [-0.2, 0) is 25.8 Å². The fourth-order valence-corrected chi connectivity index (χ4v) is 5.08. The van der Waals surface area contributed by atoms with Crippen molar-refractivity contribution < 1.29 is 27.2 Å². The first-order valence-electron chi connectivity index (χ1n) is 9.09. The second kappa shape index (κ2) is 8.26. The average Bonchev–Trinajstić information content (AvgIpc) is 3.09. The van der Waals surface area contributed by atoms with Crippen LogP contribution in [-0.4, -0.2) is 61.3 Å². The molecule has 2 saturated heterocycles. The Kier molecular flexibility index (Phi) is 5.97. The van der Waals surface area contributed by atoms with Crippen molar-refractivity contribution in [1.82, 2.24) is 15.5 Å². The minimum atomic E-state index is -3.08. The third-order valence-corrected chi connectivity index (χ3v) is 6.65. The van der Waals surface area contributed by atoms with Gasteiger partial charge in [0.2, 0.25) is 5.91 Å². The van der Waals surface area contributed by atoms with Crippen LogP contribution in [0, 0.1) is 5.82 Å². The van der Waals surface area contributed by atoms with E-state index in [1.807, 2.05) is 0 Å². The van der Waals surface area contributed by atoms with Crippen molar-refractivity contribution >= 4 is 27.7 Å². The van der Waals surface area contributed by atoms with Crippen LogP contribution in [0.3, 0.4) is 0 Å². The van der Waals surface area contributed by atoms with Gasteiger partial charge in [0.25, 0.3) is 5.91 Å². The van der Waals surface area contributed by atoms with E-state index in [-0.39, 0.29) is 42.6 Å². The van der Waals surface area contributed by atoms with Gasteiger partial charge in [-0.05, 0) is 37.0 Å². The molecule has 1 unspecified atom stereocenters.